The molecular formula is C29H19N7. The molecular weight excluding hydrogens is 446 g/mol. The van der Waals surface area contributed by atoms with E-state index in [4.69, 9.17) is 4.98 Å². The molecule has 5 heterocycles. The van der Waals surface area contributed by atoms with Gasteiger partial charge in [0.1, 0.15) is 17.2 Å². The second kappa shape index (κ2) is 8.25. The zero-order chi connectivity index (χ0) is 23.9. The molecule has 0 saturated heterocycles. The minimum absolute atomic E-state index is 0.627. The molecule has 0 amide bonds. The van der Waals surface area contributed by atoms with Crippen LogP contribution in [0, 0.1) is 0 Å². The molecule has 0 aliphatic rings. The van der Waals surface area contributed by atoms with E-state index >= 15 is 0 Å². The normalized spacial score (nSPS) is 11.3. The quantitative estimate of drug-likeness (QED) is 0.324. The van der Waals surface area contributed by atoms with Crippen molar-refractivity contribution in [1.29, 1.82) is 0 Å². The molecule has 0 spiro atoms. The van der Waals surface area contributed by atoms with Crippen LogP contribution in [0.25, 0.3) is 56.3 Å². The van der Waals surface area contributed by atoms with Crippen LogP contribution in [0.5, 0.6) is 0 Å². The van der Waals surface area contributed by atoms with Crippen LogP contribution in [0.4, 0.5) is 0 Å². The zero-order valence-corrected chi connectivity index (χ0v) is 19.1. The molecule has 7 nitrogen and oxygen atoms in total. The largest absolute Gasteiger partial charge is 0.294 e. The van der Waals surface area contributed by atoms with Gasteiger partial charge in [-0.25, -0.2) is 4.98 Å². The van der Waals surface area contributed by atoms with Crippen LogP contribution in [0.1, 0.15) is 0 Å². The summed E-state index contributed by atoms with van der Waals surface area (Å²) in [4.78, 5) is 13.9. The zero-order valence-electron chi connectivity index (χ0n) is 19.1. The molecule has 0 saturated carbocycles. The lowest BCUT2D eigenvalue weighted by Gasteiger charge is -2.12. The minimum Gasteiger partial charge on any atom is -0.294 e. The summed E-state index contributed by atoms with van der Waals surface area (Å²) in [5, 5.41) is 11.3. The van der Waals surface area contributed by atoms with Crippen molar-refractivity contribution >= 4 is 21.8 Å². The maximum absolute atomic E-state index is 4.89. The summed E-state index contributed by atoms with van der Waals surface area (Å²) in [6.45, 7) is 0. The average molecular weight is 466 g/mol. The summed E-state index contributed by atoms with van der Waals surface area (Å²) in [6, 6.07) is 32.3. The van der Waals surface area contributed by atoms with Gasteiger partial charge in [0.25, 0.3) is 0 Å². The molecule has 0 radical (unpaired) electrons. The van der Waals surface area contributed by atoms with E-state index < -0.39 is 0 Å². The Kier molecular flexibility index (Phi) is 4.63. The van der Waals surface area contributed by atoms with E-state index in [2.05, 4.69) is 73.3 Å². The summed E-state index contributed by atoms with van der Waals surface area (Å²) in [5.41, 5.74) is 4.50. The van der Waals surface area contributed by atoms with E-state index in [1.54, 1.807) is 12.4 Å². The summed E-state index contributed by atoms with van der Waals surface area (Å²) in [6.07, 6.45) is 5.35. The monoisotopic (exact) mass is 465 g/mol. The molecule has 7 rings (SSSR count). The third-order valence-corrected chi connectivity index (χ3v) is 6.25. The highest BCUT2D eigenvalue weighted by Gasteiger charge is 2.19. The van der Waals surface area contributed by atoms with Crippen LogP contribution in [0.3, 0.4) is 0 Å². The van der Waals surface area contributed by atoms with Gasteiger partial charge in [-0.05, 0) is 48.5 Å². The molecule has 0 atom stereocenters. The van der Waals surface area contributed by atoms with Crippen molar-refractivity contribution in [2.45, 2.75) is 0 Å². The van der Waals surface area contributed by atoms with Gasteiger partial charge >= 0.3 is 0 Å². The lowest BCUT2D eigenvalue weighted by molar-refractivity contribution is 1.01. The number of hydrogen-bond acceptors (Lipinski definition) is 5. The molecule has 170 valence electrons. The van der Waals surface area contributed by atoms with Gasteiger partial charge in [-0.3, -0.25) is 19.1 Å². The van der Waals surface area contributed by atoms with Crippen LogP contribution < -0.4 is 0 Å². The highest BCUT2D eigenvalue weighted by molar-refractivity contribution is 6.09. The van der Waals surface area contributed by atoms with Crippen LogP contribution >= 0.6 is 0 Å². The first-order valence-corrected chi connectivity index (χ1v) is 11.6. The van der Waals surface area contributed by atoms with Gasteiger partial charge in [0, 0.05) is 23.2 Å². The lowest BCUT2D eigenvalue weighted by Crippen LogP contribution is -2.04. The molecule has 2 aromatic carbocycles. The van der Waals surface area contributed by atoms with Gasteiger partial charge in [-0.1, -0.05) is 48.5 Å². The third-order valence-electron chi connectivity index (χ3n) is 6.25. The summed E-state index contributed by atoms with van der Waals surface area (Å²) in [7, 11) is 0. The van der Waals surface area contributed by atoms with Crippen LogP contribution in [0.15, 0.2) is 116 Å². The smallest absolute Gasteiger partial charge is 0.187 e. The topological polar surface area (TPSA) is 74.3 Å². The summed E-state index contributed by atoms with van der Waals surface area (Å²) >= 11 is 0. The fraction of sp³-hybridized carbons (Fsp3) is 0. The van der Waals surface area contributed by atoms with E-state index in [1.807, 2.05) is 59.3 Å². The standard InChI is InChI=1S/C29H19N7/c1-3-13-25-21(9-1)22-10-2-4-14-26(22)36(25)27-16-15-20(19-32-27)35-28(23-11-5-7-17-30-23)33-34-29(35)24-12-6-8-18-31-24/h1-19H. The minimum atomic E-state index is 0.627. The second-order valence-electron chi connectivity index (χ2n) is 8.36. The van der Waals surface area contributed by atoms with E-state index in [0.29, 0.717) is 11.6 Å². The number of nitrogens with zero attached hydrogens (tertiary/aromatic N) is 7. The van der Waals surface area contributed by atoms with Crippen LogP contribution in [0.2, 0.25) is 0 Å². The molecule has 36 heavy (non-hydrogen) atoms. The molecule has 7 heteroatoms. The Hall–Kier alpha value is -5.17. The molecule has 5 aromatic heterocycles. The van der Waals surface area contributed by atoms with Crippen molar-refractivity contribution in [2.75, 3.05) is 0 Å². The summed E-state index contributed by atoms with van der Waals surface area (Å²) in [5.74, 6) is 2.09. The average Bonchev–Trinajstić information content (AvgIpc) is 3.54. The fourth-order valence-electron chi connectivity index (χ4n) is 4.66. The van der Waals surface area contributed by atoms with Gasteiger partial charge < -0.3 is 0 Å². The number of aromatic nitrogens is 7. The number of rotatable bonds is 4. The Morgan fingerprint density at radius 2 is 1.03 bits per heavy atom. The number of benzene rings is 2. The predicted molar refractivity (Wildman–Crippen MR) is 140 cm³/mol. The third kappa shape index (κ3) is 3.18. The highest BCUT2D eigenvalue weighted by atomic mass is 15.3. The molecule has 0 aliphatic heterocycles. The van der Waals surface area contributed by atoms with E-state index in [-0.39, 0.29) is 0 Å². The Balaban J connectivity index is 1.41. The van der Waals surface area contributed by atoms with Crippen molar-refractivity contribution in [3.8, 4) is 34.5 Å². The number of hydrogen-bond donors (Lipinski definition) is 0. The maximum Gasteiger partial charge on any atom is 0.187 e. The Morgan fingerprint density at radius 1 is 0.472 bits per heavy atom. The highest BCUT2D eigenvalue weighted by Crippen LogP contribution is 2.32. The summed E-state index contributed by atoms with van der Waals surface area (Å²) < 4.78 is 4.15. The van der Waals surface area contributed by atoms with Crippen LogP contribution in [-0.2, 0) is 0 Å². The first-order valence-electron chi connectivity index (χ1n) is 11.6. The Labute approximate surface area is 206 Å². The van der Waals surface area contributed by atoms with Crippen molar-refractivity contribution in [2.24, 2.45) is 0 Å². The first kappa shape index (κ1) is 20.2. The van der Waals surface area contributed by atoms with Gasteiger partial charge in [0.2, 0.25) is 0 Å². The number of para-hydroxylation sites is 2. The SMILES string of the molecule is c1ccc(-c2nnc(-c3ccccn3)n2-c2ccc(-n3c4ccccc4c4ccccc43)nc2)nc1. The number of pyridine rings is 3. The molecule has 0 fully saturated rings. The van der Waals surface area contributed by atoms with Gasteiger partial charge in [0.05, 0.1) is 22.9 Å². The second-order valence-corrected chi connectivity index (χ2v) is 8.36. The first-order chi connectivity index (χ1) is 17.9. The van der Waals surface area contributed by atoms with Crippen molar-refractivity contribution in [3.05, 3.63) is 116 Å². The maximum atomic E-state index is 4.89. The fourth-order valence-corrected chi connectivity index (χ4v) is 4.66. The van der Waals surface area contributed by atoms with Gasteiger partial charge in [-0.2, -0.15) is 0 Å². The molecule has 0 aliphatic carbocycles. The number of fused-ring (bicyclic) bond motifs is 3. The molecule has 7 aromatic rings. The van der Waals surface area contributed by atoms with Crippen LogP contribution in [-0.4, -0.2) is 34.3 Å². The molecule has 0 bridgehead atoms. The van der Waals surface area contributed by atoms with E-state index in [0.717, 1.165) is 33.9 Å². The van der Waals surface area contributed by atoms with Crippen molar-refractivity contribution in [1.82, 2.24) is 34.3 Å². The van der Waals surface area contributed by atoms with Gasteiger partial charge in [0.15, 0.2) is 11.6 Å². The Bertz CT molecular complexity index is 1710. The molecule has 0 N–H and O–H groups in total. The Morgan fingerprint density at radius 3 is 1.53 bits per heavy atom. The van der Waals surface area contributed by atoms with Gasteiger partial charge in [-0.15, -0.1) is 10.2 Å². The van der Waals surface area contributed by atoms with E-state index in [9.17, 15) is 0 Å². The lowest BCUT2D eigenvalue weighted by atomic mass is 10.2. The van der Waals surface area contributed by atoms with E-state index in [1.165, 1.54) is 10.8 Å². The van der Waals surface area contributed by atoms with Crippen molar-refractivity contribution < 1.29 is 0 Å². The predicted octanol–water partition coefficient (Wildman–Crippen LogP) is 5.88. The molecule has 0 unspecified atom stereocenters. The van der Waals surface area contributed by atoms with Crippen molar-refractivity contribution in [3.63, 3.8) is 0 Å².